The van der Waals surface area contributed by atoms with Crippen molar-refractivity contribution in [2.24, 2.45) is 0 Å². The highest BCUT2D eigenvalue weighted by molar-refractivity contribution is 5.81. The van der Waals surface area contributed by atoms with Gasteiger partial charge in [-0.25, -0.2) is 4.98 Å². The predicted molar refractivity (Wildman–Crippen MR) is 98.3 cm³/mol. The predicted octanol–water partition coefficient (Wildman–Crippen LogP) is 2.49. The van der Waals surface area contributed by atoms with Gasteiger partial charge in [-0.1, -0.05) is 30.3 Å². The van der Waals surface area contributed by atoms with Gasteiger partial charge < -0.3 is 14.2 Å². The van der Waals surface area contributed by atoms with Crippen molar-refractivity contribution in [1.82, 2.24) is 14.5 Å². The first kappa shape index (κ1) is 18.0. The van der Waals surface area contributed by atoms with Crippen LogP contribution in [0.5, 0.6) is 5.75 Å². The van der Waals surface area contributed by atoms with Crippen molar-refractivity contribution in [3.8, 4) is 17.9 Å². The maximum atomic E-state index is 12.6. The largest absolute Gasteiger partial charge is 0.486 e. The number of aromatic nitrogens is 2. The molecule has 0 saturated heterocycles. The molecule has 2 aromatic carbocycles. The summed E-state index contributed by atoms with van der Waals surface area (Å²) in [6, 6.07) is 20.7. The van der Waals surface area contributed by atoms with E-state index in [4.69, 9.17) is 15.3 Å². The van der Waals surface area contributed by atoms with Crippen LogP contribution in [0.2, 0.25) is 0 Å². The molecule has 27 heavy (non-hydrogen) atoms. The first-order valence-corrected chi connectivity index (χ1v) is 8.36. The Bertz CT molecular complexity index is 998. The second-order valence-electron chi connectivity index (χ2n) is 5.77. The maximum Gasteiger partial charge on any atom is 0.244 e. The second kappa shape index (κ2) is 8.50. The average molecular weight is 359 g/mol. The fourth-order valence-electron chi connectivity index (χ4n) is 2.71. The highest BCUT2D eigenvalue weighted by Crippen LogP contribution is 2.18. The van der Waals surface area contributed by atoms with E-state index in [0.29, 0.717) is 11.6 Å². The number of hydrogen-bond acceptors (Lipinski definition) is 5. The van der Waals surface area contributed by atoms with Crippen LogP contribution in [0, 0.1) is 22.7 Å². The lowest BCUT2D eigenvalue weighted by atomic mass is 10.3. The quantitative estimate of drug-likeness (QED) is 0.604. The summed E-state index contributed by atoms with van der Waals surface area (Å²) in [7, 11) is 0. The lowest BCUT2D eigenvalue weighted by Gasteiger charge is -2.17. The van der Waals surface area contributed by atoms with Crippen molar-refractivity contribution in [2.45, 2.75) is 13.2 Å². The minimum Gasteiger partial charge on any atom is -0.486 e. The number of benzene rings is 2. The zero-order valence-electron chi connectivity index (χ0n) is 14.6. The molecule has 0 bridgehead atoms. The fourth-order valence-corrected chi connectivity index (χ4v) is 2.71. The first-order chi connectivity index (χ1) is 13.2. The smallest absolute Gasteiger partial charge is 0.244 e. The molecule has 1 amide bonds. The van der Waals surface area contributed by atoms with Gasteiger partial charge in [0.2, 0.25) is 5.91 Å². The van der Waals surface area contributed by atoms with Crippen LogP contribution in [-0.2, 0) is 17.9 Å². The van der Waals surface area contributed by atoms with Gasteiger partial charge in [0.25, 0.3) is 0 Å². The first-order valence-electron chi connectivity index (χ1n) is 8.36. The zero-order valence-corrected chi connectivity index (χ0v) is 14.6. The summed E-state index contributed by atoms with van der Waals surface area (Å²) < 4.78 is 7.55. The summed E-state index contributed by atoms with van der Waals surface area (Å²) >= 11 is 0. The van der Waals surface area contributed by atoms with Gasteiger partial charge in [0.1, 0.15) is 37.8 Å². The number of carbonyl (C=O) groups excluding carboxylic acids is 1. The van der Waals surface area contributed by atoms with Crippen molar-refractivity contribution < 1.29 is 9.53 Å². The molecule has 7 nitrogen and oxygen atoms in total. The molecule has 0 aliphatic rings. The Hall–Kier alpha value is -3.84. The number of rotatable bonds is 7. The molecule has 1 heterocycles. The van der Waals surface area contributed by atoms with E-state index >= 15 is 0 Å². The molecule has 3 rings (SSSR count). The van der Waals surface area contributed by atoms with E-state index in [1.54, 1.807) is 4.57 Å². The second-order valence-corrected chi connectivity index (χ2v) is 5.77. The summed E-state index contributed by atoms with van der Waals surface area (Å²) in [5.41, 5.74) is 1.55. The molecule has 0 radical (unpaired) electrons. The zero-order chi connectivity index (χ0) is 19.1. The normalized spacial score (nSPS) is 10.1. The van der Waals surface area contributed by atoms with Gasteiger partial charge in [0.05, 0.1) is 23.2 Å². The van der Waals surface area contributed by atoms with E-state index in [1.807, 2.05) is 66.7 Å². The minimum atomic E-state index is -0.317. The lowest BCUT2D eigenvalue weighted by Crippen LogP contribution is -2.35. The van der Waals surface area contributed by atoms with Gasteiger partial charge >= 0.3 is 0 Å². The number of nitriles is 2. The van der Waals surface area contributed by atoms with E-state index in [-0.39, 0.29) is 32.1 Å². The standard InChI is InChI=1S/C20H17N5O2/c21-10-12-24(13-11-22)20(26)14-25-18-9-5-4-8-17(18)23-19(25)15-27-16-6-2-1-3-7-16/h1-9H,12-15H2. The van der Waals surface area contributed by atoms with Crippen molar-refractivity contribution in [1.29, 1.82) is 10.5 Å². The molecule has 7 heteroatoms. The monoisotopic (exact) mass is 359 g/mol. The molecule has 0 atom stereocenters. The van der Waals surface area contributed by atoms with Crippen LogP contribution in [-0.4, -0.2) is 33.4 Å². The summed E-state index contributed by atoms with van der Waals surface area (Å²) in [6.07, 6.45) is 0. The molecule has 0 fully saturated rings. The van der Waals surface area contributed by atoms with Crippen LogP contribution in [0.25, 0.3) is 11.0 Å². The molecule has 1 aromatic heterocycles. The third-order valence-electron chi connectivity index (χ3n) is 4.01. The topological polar surface area (TPSA) is 94.9 Å². The van der Waals surface area contributed by atoms with Gasteiger partial charge in [0.15, 0.2) is 0 Å². The van der Waals surface area contributed by atoms with Gasteiger partial charge in [0, 0.05) is 0 Å². The van der Waals surface area contributed by atoms with Gasteiger partial charge in [-0.2, -0.15) is 10.5 Å². The summed E-state index contributed by atoms with van der Waals surface area (Å²) in [5.74, 6) is 0.988. The molecular weight excluding hydrogens is 342 g/mol. The number of ether oxygens (including phenoxy) is 1. The number of nitrogens with zero attached hydrogens (tertiary/aromatic N) is 5. The Labute approximate surface area is 156 Å². The summed E-state index contributed by atoms with van der Waals surface area (Å²) in [5, 5.41) is 17.8. The SMILES string of the molecule is N#CCN(CC#N)C(=O)Cn1c(COc2ccccc2)nc2ccccc21. The van der Waals surface area contributed by atoms with Crippen LogP contribution >= 0.6 is 0 Å². The lowest BCUT2D eigenvalue weighted by molar-refractivity contribution is -0.130. The summed E-state index contributed by atoms with van der Waals surface area (Å²) in [6.45, 7) is -0.0798. The molecule has 0 aliphatic carbocycles. The highest BCUT2D eigenvalue weighted by Gasteiger charge is 2.18. The number of imidazole rings is 1. The Morgan fingerprint density at radius 3 is 2.41 bits per heavy atom. The van der Waals surface area contributed by atoms with Gasteiger partial charge in [-0.05, 0) is 24.3 Å². The third kappa shape index (κ3) is 4.23. The number of amides is 1. The van der Waals surface area contributed by atoms with Crippen LogP contribution in [0.3, 0.4) is 0 Å². The van der Waals surface area contributed by atoms with Gasteiger partial charge in [-0.15, -0.1) is 0 Å². The van der Waals surface area contributed by atoms with Crippen LogP contribution in [0.4, 0.5) is 0 Å². The van der Waals surface area contributed by atoms with E-state index in [2.05, 4.69) is 4.98 Å². The van der Waals surface area contributed by atoms with Crippen molar-refractivity contribution in [3.05, 3.63) is 60.4 Å². The molecule has 0 saturated carbocycles. The number of hydrogen-bond donors (Lipinski definition) is 0. The average Bonchev–Trinajstić information content (AvgIpc) is 3.04. The molecule has 0 N–H and O–H groups in total. The van der Waals surface area contributed by atoms with Crippen LogP contribution in [0.1, 0.15) is 5.82 Å². The minimum absolute atomic E-state index is 0.0165. The molecule has 3 aromatic rings. The van der Waals surface area contributed by atoms with E-state index < -0.39 is 0 Å². The van der Waals surface area contributed by atoms with Crippen LogP contribution in [0.15, 0.2) is 54.6 Å². The Balaban J connectivity index is 1.87. The van der Waals surface area contributed by atoms with E-state index in [9.17, 15) is 4.79 Å². The number of carbonyl (C=O) groups is 1. The van der Waals surface area contributed by atoms with Gasteiger partial charge in [-0.3, -0.25) is 4.79 Å². The highest BCUT2D eigenvalue weighted by atomic mass is 16.5. The molecular formula is C20H17N5O2. The molecule has 0 unspecified atom stereocenters. The Kier molecular flexibility index (Phi) is 5.66. The Morgan fingerprint density at radius 2 is 1.70 bits per heavy atom. The molecule has 0 spiro atoms. The van der Waals surface area contributed by atoms with E-state index in [1.165, 1.54) is 4.90 Å². The van der Waals surface area contributed by atoms with Crippen molar-refractivity contribution in [3.63, 3.8) is 0 Å². The summed E-state index contributed by atoms with van der Waals surface area (Å²) in [4.78, 5) is 18.4. The Morgan fingerprint density at radius 1 is 1.04 bits per heavy atom. The molecule has 134 valence electrons. The fraction of sp³-hybridized carbons (Fsp3) is 0.200. The third-order valence-corrected chi connectivity index (χ3v) is 4.01. The van der Waals surface area contributed by atoms with Crippen LogP contribution < -0.4 is 4.74 Å². The van der Waals surface area contributed by atoms with Crippen molar-refractivity contribution in [2.75, 3.05) is 13.1 Å². The molecule has 0 aliphatic heterocycles. The maximum absolute atomic E-state index is 12.6. The van der Waals surface area contributed by atoms with E-state index in [0.717, 1.165) is 11.0 Å². The number of para-hydroxylation sites is 3. The van der Waals surface area contributed by atoms with Crippen molar-refractivity contribution >= 4 is 16.9 Å². The number of fused-ring (bicyclic) bond motifs is 1.